The number of carbonyl (C=O) groups is 1. The van der Waals surface area contributed by atoms with Crippen molar-refractivity contribution in [1.82, 2.24) is 14.3 Å². The molecule has 0 bridgehead atoms. The molecule has 2 aliphatic heterocycles. The highest BCUT2D eigenvalue weighted by atomic mass is 32.2. The number of amides is 1. The van der Waals surface area contributed by atoms with E-state index in [4.69, 9.17) is 17.2 Å². The SMILES string of the molecule is Cc1cccn2c(=O)c(/C=C3/SC(=S)N(C(C)C)C3=O)c(N3CCCC3)nc12. The van der Waals surface area contributed by atoms with Gasteiger partial charge in [-0.25, -0.2) is 4.98 Å². The summed E-state index contributed by atoms with van der Waals surface area (Å²) < 4.78 is 2.09. The van der Waals surface area contributed by atoms with Crippen LogP contribution in [0.3, 0.4) is 0 Å². The molecule has 6 nitrogen and oxygen atoms in total. The summed E-state index contributed by atoms with van der Waals surface area (Å²) in [7, 11) is 0. The molecule has 1 amide bonds. The number of aryl methyl sites for hydroxylation is 1. The minimum absolute atomic E-state index is 0.0186. The molecule has 0 radical (unpaired) electrons. The topological polar surface area (TPSA) is 57.9 Å². The van der Waals surface area contributed by atoms with Gasteiger partial charge in [-0.1, -0.05) is 30.0 Å². The van der Waals surface area contributed by atoms with Gasteiger partial charge in [-0.2, -0.15) is 0 Å². The zero-order chi connectivity index (χ0) is 20.0. The number of hydrogen-bond donors (Lipinski definition) is 0. The van der Waals surface area contributed by atoms with E-state index in [9.17, 15) is 9.59 Å². The van der Waals surface area contributed by atoms with Crippen molar-refractivity contribution in [2.24, 2.45) is 0 Å². The van der Waals surface area contributed by atoms with Gasteiger partial charge in [0.25, 0.3) is 11.5 Å². The Balaban J connectivity index is 1.92. The molecule has 0 atom stereocenters. The molecule has 2 aromatic rings. The molecule has 0 aliphatic carbocycles. The van der Waals surface area contributed by atoms with E-state index in [1.54, 1.807) is 21.6 Å². The molecule has 4 heterocycles. The fourth-order valence-corrected chi connectivity index (χ4v) is 5.16. The number of rotatable bonds is 3. The molecule has 146 valence electrons. The quantitative estimate of drug-likeness (QED) is 0.568. The average Bonchev–Trinajstić information content (AvgIpc) is 3.26. The van der Waals surface area contributed by atoms with Crippen LogP contribution in [0.15, 0.2) is 28.0 Å². The molecule has 8 heteroatoms. The number of aromatic nitrogens is 2. The van der Waals surface area contributed by atoms with Gasteiger partial charge in [0.05, 0.1) is 10.5 Å². The number of thioether (sulfide) groups is 1. The first kappa shape index (κ1) is 19.1. The van der Waals surface area contributed by atoms with E-state index in [1.165, 1.54) is 11.8 Å². The van der Waals surface area contributed by atoms with Crippen LogP contribution in [0.1, 0.15) is 37.8 Å². The molecule has 2 aliphatic rings. The maximum atomic E-state index is 13.3. The molecular weight excluding hydrogens is 392 g/mol. The molecule has 4 rings (SSSR count). The normalized spacial score (nSPS) is 19.1. The van der Waals surface area contributed by atoms with E-state index in [0.29, 0.717) is 26.3 Å². The first-order valence-corrected chi connectivity index (χ1v) is 10.6. The summed E-state index contributed by atoms with van der Waals surface area (Å²) in [6.45, 7) is 7.53. The monoisotopic (exact) mass is 414 g/mol. The van der Waals surface area contributed by atoms with Crippen molar-refractivity contribution >= 4 is 51.7 Å². The number of nitrogens with zero attached hydrogens (tertiary/aromatic N) is 4. The summed E-state index contributed by atoms with van der Waals surface area (Å²) in [6.07, 6.45) is 5.55. The first-order valence-electron chi connectivity index (χ1n) is 9.42. The highest BCUT2D eigenvalue weighted by Gasteiger charge is 2.34. The van der Waals surface area contributed by atoms with Gasteiger partial charge in [-0.3, -0.25) is 18.9 Å². The number of hydrogen-bond acceptors (Lipinski definition) is 6. The molecule has 28 heavy (non-hydrogen) atoms. The molecule has 0 saturated carbocycles. The van der Waals surface area contributed by atoms with Gasteiger partial charge in [0.2, 0.25) is 0 Å². The Labute approximate surface area is 173 Å². The lowest BCUT2D eigenvalue weighted by Crippen LogP contribution is -2.34. The third-order valence-corrected chi connectivity index (χ3v) is 6.42. The van der Waals surface area contributed by atoms with Crippen molar-refractivity contribution in [3.8, 4) is 0 Å². The Morgan fingerprint density at radius 1 is 1.25 bits per heavy atom. The number of anilines is 1. The summed E-state index contributed by atoms with van der Waals surface area (Å²) in [5.74, 6) is 0.512. The number of fused-ring (bicyclic) bond motifs is 1. The summed E-state index contributed by atoms with van der Waals surface area (Å²) >= 11 is 6.62. The van der Waals surface area contributed by atoms with Crippen LogP contribution in [0.25, 0.3) is 11.7 Å². The Morgan fingerprint density at radius 3 is 2.61 bits per heavy atom. The summed E-state index contributed by atoms with van der Waals surface area (Å²) in [5, 5.41) is 0. The maximum Gasteiger partial charge on any atom is 0.267 e. The molecule has 0 aromatic carbocycles. The van der Waals surface area contributed by atoms with Crippen molar-refractivity contribution in [1.29, 1.82) is 0 Å². The van der Waals surface area contributed by atoms with Crippen molar-refractivity contribution in [2.45, 2.75) is 39.7 Å². The third kappa shape index (κ3) is 3.14. The molecule has 2 aromatic heterocycles. The molecule has 0 unspecified atom stereocenters. The fraction of sp³-hybridized carbons (Fsp3) is 0.400. The summed E-state index contributed by atoms with van der Waals surface area (Å²) in [4.78, 5) is 35.2. The molecule has 2 saturated heterocycles. The Kier molecular flexibility index (Phi) is 5.01. The number of pyridine rings is 1. The van der Waals surface area contributed by atoms with E-state index < -0.39 is 0 Å². The van der Waals surface area contributed by atoms with Gasteiger partial charge in [-0.15, -0.1) is 0 Å². The molecular formula is C20H22N4O2S2. The van der Waals surface area contributed by atoms with Gasteiger partial charge in [0, 0.05) is 25.3 Å². The summed E-state index contributed by atoms with van der Waals surface area (Å²) in [5.41, 5.74) is 1.89. The molecule has 0 N–H and O–H groups in total. The maximum absolute atomic E-state index is 13.3. The predicted octanol–water partition coefficient (Wildman–Crippen LogP) is 3.21. The van der Waals surface area contributed by atoms with E-state index in [0.717, 1.165) is 31.5 Å². The van der Waals surface area contributed by atoms with Crippen LogP contribution < -0.4 is 10.5 Å². The van der Waals surface area contributed by atoms with E-state index in [1.807, 2.05) is 32.9 Å². The van der Waals surface area contributed by atoms with Crippen molar-refractivity contribution < 1.29 is 4.79 Å². The van der Waals surface area contributed by atoms with Crippen LogP contribution in [0.4, 0.5) is 5.82 Å². The van der Waals surface area contributed by atoms with Crippen LogP contribution in [-0.2, 0) is 4.79 Å². The zero-order valence-corrected chi connectivity index (χ0v) is 17.8. The molecule has 0 spiro atoms. The number of carbonyl (C=O) groups excluding carboxylic acids is 1. The fourth-order valence-electron chi connectivity index (χ4n) is 3.65. The minimum Gasteiger partial charge on any atom is -0.356 e. The summed E-state index contributed by atoms with van der Waals surface area (Å²) in [6, 6.07) is 3.77. The van der Waals surface area contributed by atoms with E-state index >= 15 is 0 Å². The second kappa shape index (κ2) is 7.33. The van der Waals surface area contributed by atoms with Crippen LogP contribution in [0.5, 0.6) is 0 Å². The van der Waals surface area contributed by atoms with Gasteiger partial charge in [-0.05, 0) is 51.3 Å². The predicted molar refractivity (Wildman–Crippen MR) is 118 cm³/mol. The Morgan fingerprint density at radius 2 is 1.96 bits per heavy atom. The van der Waals surface area contributed by atoms with Crippen LogP contribution >= 0.6 is 24.0 Å². The lowest BCUT2D eigenvalue weighted by atomic mass is 10.2. The highest BCUT2D eigenvalue weighted by Crippen LogP contribution is 2.35. The van der Waals surface area contributed by atoms with Crippen molar-refractivity contribution in [3.63, 3.8) is 0 Å². The van der Waals surface area contributed by atoms with Crippen LogP contribution in [0.2, 0.25) is 0 Å². The van der Waals surface area contributed by atoms with Crippen LogP contribution in [-0.4, -0.2) is 43.6 Å². The van der Waals surface area contributed by atoms with Gasteiger partial charge >= 0.3 is 0 Å². The van der Waals surface area contributed by atoms with E-state index in [-0.39, 0.29) is 17.5 Å². The minimum atomic E-state index is -0.162. The smallest absolute Gasteiger partial charge is 0.267 e. The lowest BCUT2D eigenvalue weighted by molar-refractivity contribution is -0.123. The van der Waals surface area contributed by atoms with Gasteiger partial charge < -0.3 is 4.90 Å². The third-order valence-electron chi connectivity index (χ3n) is 5.09. The number of thiocarbonyl (C=S) groups is 1. The zero-order valence-electron chi connectivity index (χ0n) is 16.1. The second-order valence-corrected chi connectivity index (χ2v) is 9.05. The van der Waals surface area contributed by atoms with Gasteiger partial charge in [0.15, 0.2) is 0 Å². The average molecular weight is 415 g/mol. The Hall–Kier alpha value is -2.19. The first-order chi connectivity index (χ1) is 13.4. The standard InChI is InChI=1S/C20H22N4O2S2/c1-12(2)24-19(26)15(28-20(24)27)11-14-17(22-8-4-5-9-22)21-16-13(3)7-6-10-23(16)18(14)25/h6-7,10-12H,4-5,8-9H2,1-3H3/b15-11+. The Bertz CT molecular complexity index is 1070. The van der Waals surface area contributed by atoms with Crippen molar-refractivity contribution in [3.05, 3.63) is 44.7 Å². The largest absolute Gasteiger partial charge is 0.356 e. The highest BCUT2D eigenvalue weighted by molar-refractivity contribution is 8.26. The lowest BCUT2D eigenvalue weighted by Gasteiger charge is -2.20. The van der Waals surface area contributed by atoms with Crippen LogP contribution in [0, 0.1) is 6.92 Å². The van der Waals surface area contributed by atoms with Crippen molar-refractivity contribution in [2.75, 3.05) is 18.0 Å². The van der Waals surface area contributed by atoms with Gasteiger partial charge in [0.1, 0.15) is 15.8 Å². The molecule has 2 fully saturated rings. The second-order valence-electron chi connectivity index (χ2n) is 7.38. The van der Waals surface area contributed by atoms with E-state index in [2.05, 4.69) is 4.90 Å².